The molecule has 3 aromatic rings. The average Bonchev–Trinajstić information content (AvgIpc) is 2.85. The smallest absolute Gasteiger partial charge is 0.384 e. The Hall–Kier alpha value is -3.40. The van der Waals surface area contributed by atoms with Gasteiger partial charge in [0.2, 0.25) is 0 Å². The number of alkyl halides is 3. The van der Waals surface area contributed by atoms with Crippen molar-refractivity contribution in [3.63, 3.8) is 0 Å². The molecule has 0 amide bonds. The Balaban J connectivity index is 0.000000261. The van der Waals surface area contributed by atoms with Crippen LogP contribution in [-0.2, 0) is 6.18 Å². The van der Waals surface area contributed by atoms with Crippen LogP contribution in [-0.4, -0.2) is 27.4 Å². The van der Waals surface area contributed by atoms with Crippen molar-refractivity contribution >= 4 is 29.8 Å². The van der Waals surface area contributed by atoms with Gasteiger partial charge in [-0.1, -0.05) is 31.4 Å². The maximum atomic E-state index is 11.8. The molecule has 0 spiro atoms. The fourth-order valence-electron chi connectivity index (χ4n) is 3.56. The number of aromatic nitrogens is 2. The van der Waals surface area contributed by atoms with Crippen molar-refractivity contribution in [1.29, 1.82) is 5.41 Å². The zero-order chi connectivity index (χ0) is 25.3. The number of nitrogens with one attached hydrogen (secondary N) is 1. The van der Waals surface area contributed by atoms with Gasteiger partial charge in [0.25, 0.3) is 0 Å². The second kappa shape index (κ2) is 12.3. The largest absolute Gasteiger partial charge is 0.417 e. The fraction of sp³-hybridized carbons (Fsp3) is 0.280. The number of rotatable bonds is 5. The number of anilines is 1. The number of aliphatic imine (C=N–C) groups is 1. The van der Waals surface area contributed by atoms with Crippen LogP contribution in [0.1, 0.15) is 43.4 Å². The first-order valence-electron chi connectivity index (χ1n) is 11.1. The normalized spacial score (nSPS) is 14.7. The van der Waals surface area contributed by atoms with Crippen LogP contribution in [0.2, 0.25) is 0 Å². The van der Waals surface area contributed by atoms with Crippen molar-refractivity contribution in [3.8, 4) is 11.1 Å². The van der Waals surface area contributed by atoms with E-state index in [0.717, 1.165) is 34.8 Å². The minimum Gasteiger partial charge on any atom is -0.384 e. The van der Waals surface area contributed by atoms with E-state index in [1.165, 1.54) is 37.0 Å². The van der Waals surface area contributed by atoms with Crippen LogP contribution in [0.15, 0.2) is 70.8 Å². The van der Waals surface area contributed by atoms with Crippen LogP contribution in [0, 0.1) is 5.41 Å². The standard InChI is InChI=1S/C19H22N4S.C6H5F3N2/c20-13-23-19(21)18-12-15(10-11-22-18)14-6-8-17(9-7-14)24-16-4-2-1-3-5-16;7-6(8,9)4-1-2-5(10)11-3-4/h6-13,16H,1-5H2,(H3,20,21,23);1-3H,(H2,10,11). The lowest BCUT2D eigenvalue weighted by atomic mass is 10.0. The first-order chi connectivity index (χ1) is 16.8. The summed E-state index contributed by atoms with van der Waals surface area (Å²) in [6.45, 7) is 0. The van der Waals surface area contributed by atoms with E-state index in [0.29, 0.717) is 11.9 Å². The molecule has 4 rings (SSSR count). The summed E-state index contributed by atoms with van der Waals surface area (Å²) in [6, 6.07) is 14.6. The highest BCUT2D eigenvalue weighted by atomic mass is 32.2. The number of nitrogens with two attached hydrogens (primary N) is 2. The van der Waals surface area contributed by atoms with Gasteiger partial charge in [-0.15, -0.1) is 11.8 Å². The number of nitrogen functional groups attached to an aromatic ring is 1. The van der Waals surface area contributed by atoms with E-state index >= 15 is 0 Å². The maximum Gasteiger partial charge on any atom is 0.417 e. The van der Waals surface area contributed by atoms with Crippen molar-refractivity contribution in [1.82, 2.24) is 9.97 Å². The van der Waals surface area contributed by atoms with Gasteiger partial charge in [0.15, 0.2) is 5.84 Å². The molecule has 0 atom stereocenters. The summed E-state index contributed by atoms with van der Waals surface area (Å²) in [5.74, 6) is 0.342. The Labute approximate surface area is 206 Å². The molecule has 5 N–H and O–H groups in total. The van der Waals surface area contributed by atoms with Crippen molar-refractivity contribution in [2.24, 2.45) is 10.7 Å². The molecule has 1 aliphatic carbocycles. The fourth-order valence-corrected chi connectivity index (χ4v) is 4.81. The molecule has 2 heterocycles. The van der Waals surface area contributed by atoms with Gasteiger partial charge in [-0.05, 0) is 60.4 Å². The number of thioether (sulfide) groups is 1. The summed E-state index contributed by atoms with van der Waals surface area (Å²) in [4.78, 5) is 12.6. The third-order valence-electron chi connectivity index (χ3n) is 5.38. The number of hydrogen-bond donors (Lipinski definition) is 3. The molecule has 0 saturated heterocycles. The summed E-state index contributed by atoms with van der Waals surface area (Å²) in [5.41, 5.74) is 12.9. The highest BCUT2D eigenvalue weighted by Gasteiger charge is 2.30. The Morgan fingerprint density at radius 3 is 2.31 bits per heavy atom. The Morgan fingerprint density at radius 1 is 1.00 bits per heavy atom. The van der Waals surface area contributed by atoms with Gasteiger partial charge in [-0.3, -0.25) is 10.4 Å². The van der Waals surface area contributed by atoms with Crippen LogP contribution < -0.4 is 11.5 Å². The Bertz CT molecular complexity index is 1130. The topological polar surface area (TPSA) is 114 Å². The quantitative estimate of drug-likeness (QED) is 0.286. The van der Waals surface area contributed by atoms with Crippen molar-refractivity contribution < 1.29 is 13.2 Å². The molecule has 1 aromatic carbocycles. The summed E-state index contributed by atoms with van der Waals surface area (Å²) >= 11 is 2.01. The van der Waals surface area contributed by atoms with E-state index in [4.69, 9.17) is 16.9 Å². The molecule has 6 nitrogen and oxygen atoms in total. The van der Waals surface area contributed by atoms with Gasteiger partial charge in [0.1, 0.15) is 17.9 Å². The molecular weight excluding hydrogens is 473 g/mol. The van der Waals surface area contributed by atoms with E-state index in [-0.39, 0.29) is 11.7 Å². The molecule has 0 aliphatic heterocycles. The van der Waals surface area contributed by atoms with Gasteiger partial charge in [-0.25, -0.2) is 9.98 Å². The molecule has 1 fully saturated rings. The summed E-state index contributed by atoms with van der Waals surface area (Å²) < 4.78 is 35.5. The molecule has 0 unspecified atom stereocenters. The molecular formula is C25H27F3N6S. The van der Waals surface area contributed by atoms with Gasteiger partial charge in [-0.2, -0.15) is 13.2 Å². The van der Waals surface area contributed by atoms with Crippen LogP contribution in [0.3, 0.4) is 0 Å². The van der Waals surface area contributed by atoms with E-state index in [1.54, 1.807) is 6.20 Å². The summed E-state index contributed by atoms with van der Waals surface area (Å²) in [7, 11) is 0. The van der Waals surface area contributed by atoms with Crippen molar-refractivity contribution in [2.45, 2.75) is 48.4 Å². The number of hydrogen-bond acceptors (Lipinski definition) is 5. The van der Waals surface area contributed by atoms with E-state index < -0.39 is 11.7 Å². The minimum atomic E-state index is -4.33. The predicted molar refractivity (Wildman–Crippen MR) is 136 cm³/mol. The van der Waals surface area contributed by atoms with Gasteiger partial charge >= 0.3 is 6.18 Å². The molecule has 1 aliphatic rings. The third kappa shape index (κ3) is 8.10. The highest BCUT2D eigenvalue weighted by Crippen LogP contribution is 2.34. The van der Waals surface area contributed by atoms with E-state index in [2.05, 4.69) is 39.2 Å². The molecule has 2 aromatic heterocycles. The van der Waals surface area contributed by atoms with Gasteiger partial charge in [0, 0.05) is 22.5 Å². The van der Waals surface area contributed by atoms with Crippen LogP contribution in [0.5, 0.6) is 0 Å². The lowest BCUT2D eigenvalue weighted by Gasteiger charge is -2.20. The Morgan fingerprint density at radius 2 is 1.71 bits per heavy atom. The zero-order valence-electron chi connectivity index (χ0n) is 19.0. The van der Waals surface area contributed by atoms with Crippen LogP contribution in [0.4, 0.5) is 19.0 Å². The second-order valence-electron chi connectivity index (χ2n) is 7.94. The maximum absolute atomic E-state index is 11.8. The van der Waals surface area contributed by atoms with Gasteiger partial charge < -0.3 is 11.5 Å². The number of halogens is 3. The first-order valence-corrected chi connectivity index (χ1v) is 12.0. The lowest BCUT2D eigenvalue weighted by Crippen LogP contribution is -2.15. The van der Waals surface area contributed by atoms with Crippen LogP contribution in [0.25, 0.3) is 11.1 Å². The highest BCUT2D eigenvalue weighted by molar-refractivity contribution is 8.00. The lowest BCUT2D eigenvalue weighted by molar-refractivity contribution is -0.137. The molecule has 10 heteroatoms. The number of pyridine rings is 2. The molecule has 1 saturated carbocycles. The zero-order valence-corrected chi connectivity index (χ0v) is 19.8. The molecule has 0 bridgehead atoms. The monoisotopic (exact) mass is 500 g/mol. The molecule has 0 radical (unpaired) electrons. The van der Waals surface area contributed by atoms with Crippen LogP contribution >= 0.6 is 11.8 Å². The molecule has 184 valence electrons. The summed E-state index contributed by atoms with van der Waals surface area (Å²) in [5, 5.41) is 7.78. The number of benzene rings is 1. The number of nitrogens with zero attached hydrogens (tertiary/aromatic N) is 3. The minimum absolute atomic E-state index is 0.0815. The average molecular weight is 501 g/mol. The molecule has 35 heavy (non-hydrogen) atoms. The Kier molecular flexibility index (Phi) is 9.25. The van der Waals surface area contributed by atoms with Crippen molar-refractivity contribution in [2.75, 3.05) is 5.73 Å². The second-order valence-corrected chi connectivity index (χ2v) is 9.32. The number of amidine groups is 1. The SMILES string of the molecule is N=CN=C(N)c1cc(-c2ccc(SC3CCCCC3)cc2)ccn1.Nc1ccc(C(F)(F)F)cn1. The third-order valence-corrected chi connectivity index (χ3v) is 6.73. The first kappa shape index (κ1) is 26.2. The van der Waals surface area contributed by atoms with E-state index in [1.807, 2.05) is 23.9 Å². The van der Waals surface area contributed by atoms with Gasteiger partial charge in [0.05, 0.1) is 5.56 Å². The summed E-state index contributed by atoms with van der Waals surface area (Å²) in [6.07, 6.45) is 5.84. The van der Waals surface area contributed by atoms with Crippen molar-refractivity contribution in [3.05, 3.63) is 72.2 Å². The predicted octanol–water partition coefficient (Wildman–Crippen LogP) is 6.17. The van der Waals surface area contributed by atoms with E-state index in [9.17, 15) is 13.2 Å².